The second kappa shape index (κ2) is 6.26. The maximum absolute atomic E-state index is 9.93. The molecule has 94 valence electrons. The number of hydrogen-bond donors (Lipinski definition) is 1. The Morgan fingerprint density at radius 2 is 1.78 bits per heavy atom. The van der Waals surface area contributed by atoms with Gasteiger partial charge in [-0.3, -0.25) is 0 Å². The van der Waals surface area contributed by atoms with Crippen LogP contribution in [-0.4, -0.2) is 15.1 Å². The van der Waals surface area contributed by atoms with Gasteiger partial charge in [0.05, 0.1) is 6.10 Å². The fourth-order valence-electron chi connectivity index (χ4n) is 1.81. The maximum Gasteiger partial charge on any atom is 0.159 e. The second-order valence-electron chi connectivity index (χ2n) is 4.36. The molecule has 1 heterocycles. The summed E-state index contributed by atoms with van der Waals surface area (Å²) < 4.78 is 0. The van der Waals surface area contributed by atoms with Gasteiger partial charge in [0.1, 0.15) is 0 Å². The minimum Gasteiger partial charge on any atom is -0.388 e. The van der Waals surface area contributed by atoms with Crippen LogP contribution in [0.4, 0.5) is 0 Å². The van der Waals surface area contributed by atoms with Crippen molar-refractivity contribution in [2.75, 3.05) is 0 Å². The van der Waals surface area contributed by atoms with Gasteiger partial charge in [0.2, 0.25) is 0 Å². The fraction of sp³-hybridized carbons (Fsp3) is 0.333. The highest BCUT2D eigenvalue weighted by atomic mass is 16.3. The lowest BCUT2D eigenvalue weighted by Crippen LogP contribution is -2.00. The van der Waals surface area contributed by atoms with Crippen LogP contribution in [0.5, 0.6) is 0 Å². The van der Waals surface area contributed by atoms with Crippen LogP contribution < -0.4 is 0 Å². The molecular formula is C15H18N2O. The van der Waals surface area contributed by atoms with Crippen LogP contribution >= 0.6 is 0 Å². The predicted molar refractivity (Wildman–Crippen MR) is 72.0 cm³/mol. The van der Waals surface area contributed by atoms with E-state index in [-0.39, 0.29) is 0 Å². The highest BCUT2D eigenvalue weighted by Gasteiger charge is 2.08. The number of unbranched alkanes of at least 4 members (excludes halogenated alkanes) is 1. The fourth-order valence-corrected chi connectivity index (χ4v) is 1.81. The zero-order valence-corrected chi connectivity index (χ0v) is 10.6. The first-order valence-electron chi connectivity index (χ1n) is 6.36. The Bertz CT molecular complexity index is 468. The average molecular weight is 242 g/mol. The normalized spacial score (nSPS) is 12.3. The molecule has 0 saturated heterocycles. The molecule has 0 bridgehead atoms. The van der Waals surface area contributed by atoms with Crippen LogP contribution in [-0.2, 0) is 0 Å². The largest absolute Gasteiger partial charge is 0.388 e. The van der Waals surface area contributed by atoms with E-state index in [1.807, 2.05) is 30.3 Å². The molecule has 0 saturated carbocycles. The van der Waals surface area contributed by atoms with Crippen molar-refractivity contribution in [2.45, 2.75) is 32.3 Å². The molecule has 1 aromatic heterocycles. The molecule has 2 rings (SSSR count). The van der Waals surface area contributed by atoms with Crippen molar-refractivity contribution in [2.24, 2.45) is 0 Å². The summed E-state index contributed by atoms with van der Waals surface area (Å²) in [6, 6.07) is 9.84. The van der Waals surface area contributed by atoms with E-state index < -0.39 is 6.10 Å². The van der Waals surface area contributed by atoms with Crippen molar-refractivity contribution < 1.29 is 5.11 Å². The van der Waals surface area contributed by atoms with Crippen LogP contribution in [0.1, 0.15) is 37.9 Å². The molecule has 0 fully saturated rings. The van der Waals surface area contributed by atoms with E-state index >= 15 is 0 Å². The van der Waals surface area contributed by atoms with Crippen molar-refractivity contribution in [3.05, 3.63) is 48.3 Å². The van der Waals surface area contributed by atoms with Gasteiger partial charge < -0.3 is 5.11 Å². The third-order valence-electron chi connectivity index (χ3n) is 2.92. The van der Waals surface area contributed by atoms with Gasteiger partial charge in [0.25, 0.3) is 0 Å². The van der Waals surface area contributed by atoms with Gasteiger partial charge in [0.15, 0.2) is 5.82 Å². The van der Waals surface area contributed by atoms with Gasteiger partial charge >= 0.3 is 0 Å². The van der Waals surface area contributed by atoms with E-state index in [0.717, 1.165) is 30.4 Å². The predicted octanol–water partition coefficient (Wildman–Crippen LogP) is 3.37. The Hall–Kier alpha value is -1.74. The smallest absolute Gasteiger partial charge is 0.159 e. The monoisotopic (exact) mass is 242 g/mol. The molecule has 0 spiro atoms. The lowest BCUT2D eigenvalue weighted by molar-refractivity contribution is 0.163. The lowest BCUT2D eigenvalue weighted by atomic mass is 10.1. The lowest BCUT2D eigenvalue weighted by Gasteiger charge is -2.09. The Morgan fingerprint density at radius 1 is 1.11 bits per heavy atom. The van der Waals surface area contributed by atoms with Gasteiger partial charge in [-0.05, 0) is 6.42 Å². The zero-order chi connectivity index (χ0) is 12.8. The van der Waals surface area contributed by atoms with Crippen molar-refractivity contribution >= 4 is 0 Å². The third-order valence-corrected chi connectivity index (χ3v) is 2.92. The number of nitrogens with zero attached hydrogens (tertiary/aromatic N) is 2. The van der Waals surface area contributed by atoms with E-state index in [2.05, 4.69) is 16.9 Å². The Balaban J connectivity index is 2.10. The molecule has 0 radical (unpaired) electrons. The number of aliphatic hydroxyl groups is 1. The van der Waals surface area contributed by atoms with Gasteiger partial charge in [0, 0.05) is 23.5 Å². The quantitative estimate of drug-likeness (QED) is 0.874. The van der Waals surface area contributed by atoms with E-state index in [1.165, 1.54) is 0 Å². The van der Waals surface area contributed by atoms with Crippen LogP contribution in [0.3, 0.4) is 0 Å². The summed E-state index contributed by atoms with van der Waals surface area (Å²) >= 11 is 0. The number of benzene rings is 1. The molecule has 0 amide bonds. The first-order valence-corrected chi connectivity index (χ1v) is 6.36. The number of rotatable bonds is 5. The van der Waals surface area contributed by atoms with Crippen LogP contribution in [0, 0.1) is 0 Å². The SMILES string of the molecule is CCCC[C@H](O)c1cnc(-c2ccccc2)nc1. The average Bonchev–Trinajstić information content (AvgIpc) is 2.46. The van der Waals surface area contributed by atoms with E-state index in [9.17, 15) is 5.11 Å². The summed E-state index contributed by atoms with van der Waals surface area (Å²) in [5.74, 6) is 0.696. The standard InChI is InChI=1S/C15H18N2O/c1-2-3-9-14(18)13-10-16-15(17-11-13)12-7-5-4-6-8-12/h4-8,10-11,14,18H,2-3,9H2,1H3/t14-/m0/s1. The van der Waals surface area contributed by atoms with Crippen molar-refractivity contribution in [3.63, 3.8) is 0 Å². The summed E-state index contributed by atoms with van der Waals surface area (Å²) in [6.45, 7) is 2.11. The van der Waals surface area contributed by atoms with E-state index in [4.69, 9.17) is 0 Å². The molecule has 1 aromatic carbocycles. The molecule has 0 aliphatic heterocycles. The Labute approximate surface area is 108 Å². The number of aromatic nitrogens is 2. The first-order chi connectivity index (χ1) is 8.81. The second-order valence-corrected chi connectivity index (χ2v) is 4.36. The van der Waals surface area contributed by atoms with Gasteiger partial charge in [-0.2, -0.15) is 0 Å². The molecule has 1 atom stereocenters. The summed E-state index contributed by atoms with van der Waals surface area (Å²) in [6.07, 6.45) is 5.85. The molecule has 0 aliphatic carbocycles. The minimum atomic E-state index is -0.449. The zero-order valence-electron chi connectivity index (χ0n) is 10.6. The highest BCUT2D eigenvalue weighted by Crippen LogP contribution is 2.19. The van der Waals surface area contributed by atoms with Crippen LogP contribution in [0.25, 0.3) is 11.4 Å². The molecule has 0 aliphatic rings. The van der Waals surface area contributed by atoms with Gasteiger partial charge in [-0.25, -0.2) is 9.97 Å². The summed E-state index contributed by atoms with van der Waals surface area (Å²) in [4.78, 5) is 8.61. The Morgan fingerprint density at radius 3 is 2.39 bits per heavy atom. The highest BCUT2D eigenvalue weighted by molar-refractivity contribution is 5.53. The molecule has 1 N–H and O–H groups in total. The number of aliphatic hydroxyl groups excluding tert-OH is 1. The Kier molecular flexibility index (Phi) is 4.42. The molecule has 2 aromatic rings. The number of hydrogen-bond acceptors (Lipinski definition) is 3. The molecule has 3 nitrogen and oxygen atoms in total. The minimum absolute atomic E-state index is 0.449. The van der Waals surface area contributed by atoms with Crippen LogP contribution in [0.15, 0.2) is 42.7 Å². The van der Waals surface area contributed by atoms with E-state index in [0.29, 0.717) is 5.82 Å². The summed E-state index contributed by atoms with van der Waals surface area (Å²) in [5, 5.41) is 9.93. The molecular weight excluding hydrogens is 224 g/mol. The summed E-state index contributed by atoms with van der Waals surface area (Å²) in [5.41, 5.74) is 1.79. The van der Waals surface area contributed by atoms with E-state index in [1.54, 1.807) is 12.4 Å². The van der Waals surface area contributed by atoms with Gasteiger partial charge in [-0.15, -0.1) is 0 Å². The third kappa shape index (κ3) is 3.14. The van der Waals surface area contributed by atoms with Crippen LogP contribution in [0.2, 0.25) is 0 Å². The first kappa shape index (κ1) is 12.7. The molecule has 3 heteroatoms. The van der Waals surface area contributed by atoms with Crippen molar-refractivity contribution in [1.29, 1.82) is 0 Å². The molecule has 18 heavy (non-hydrogen) atoms. The van der Waals surface area contributed by atoms with Gasteiger partial charge in [-0.1, -0.05) is 50.1 Å². The summed E-state index contributed by atoms with van der Waals surface area (Å²) in [7, 11) is 0. The van der Waals surface area contributed by atoms with Crippen molar-refractivity contribution in [3.8, 4) is 11.4 Å². The van der Waals surface area contributed by atoms with Crippen molar-refractivity contribution in [1.82, 2.24) is 9.97 Å². The maximum atomic E-state index is 9.93. The topological polar surface area (TPSA) is 46.0 Å². The molecule has 0 unspecified atom stereocenters.